The van der Waals surface area contributed by atoms with Crippen LogP contribution in [0.25, 0.3) is 0 Å². The molecule has 6 heteroatoms. The Morgan fingerprint density at radius 2 is 2.26 bits per heavy atom. The summed E-state index contributed by atoms with van der Waals surface area (Å²) in [7, 11) is 1.64. The lowest BCUT2D eigenvalue weighted by Gasteiger charge is -2.28. The van der Waals surface area contributed by atoms with E-state index in [1.807, 2.05) is 18.2 Å². The second-order valence-electron chi connectivity index (χ2n) is 6.07. The van der Waals surface area contributed by atoms with E-state index < -0.39 is 0 Å². The van der Waals surface area contributed by atoms with Gasteiger partial charge in [-0.15, -0.1) is 0 Å². The van der Waals surface area contributed by atoms with Crippen LogP contribution in [0.2, 0.25) is 0 Å². The molecule has 0 aliphatic carbocycles. The number of nitrogens with one attached hydrogen (secondary N) is 2. The summed E-state index contributed by atoms with van der Waals surface area (Å²) >= 11 is 0. The van der Waals surface area contributed by atoms with Gasteiger partial charge in [0.05, 0.1) is 13.0 Å². The highest BCUT2D eigenvalue weighted by atomic mass is 16.5. The first kappa shape index (κ1) is 16.1. The monoisotopic (exact) mass is 319 g/mol. The highest BCUT2D eigenvalue weighted by molar-refractivity contribution is 5.79. The zero-order valence-corrected chi connectivity index (χ0v) is 13.6. The number of ether oxygens (including phenoxy) is 2. The Morgan fingerprint density at radius 1 is 1.43 bits per heavy atom. The van der Waals surface area contributed by atoms with E-state index in [0.29, 0.717) is 19.6 Å². The van der Waals surface area contributed by atoms with E-state index in [1.165, 1.54) is 0 Å². The summed E-state index contributed by atoms with van der Waals surface area (Å²) in [6.45, 7) is 6.21. The van der Waals surface area contributed by atoms with Crippen LogP contribution >= 0.6 is 0 Å². The van der Waals surface area contributed by atoms with E-state index in [4.69, 9.17) is 9.47 Å². The number of hydrogen-bond donors (Lipinski definition) is 2. The summed E-state index contributed by atoms with van der Waals surface area (Å²) in [5, 5.41) is 6.38. The van der Waals surface area contributed by atoms with Crippen LogP contribution in [0.4, 0.5) is 0 Å². The second-order valence-corrected chi connectivity index (χ2v) is 6.07. The molecular formula is C17H25N3O3. The van der Waals surface area contributed by atoms with Gasteiger partial charge < -0.3 is 20.1 Å². The predicted molar refractivity (Wildman–Crippen MR) is 88.0 cm³/mol. The van der Waals surface area contributed by atoms with Gasteiger partial charge in [0.1, 0.15) is 18.1 Å². The number of amides is 1. The fourth-order valence-corrected chi connectivity index (χ4v) is 3.08. The maximum Gasteiger partial charge on any atom is 0.226 e. The summed E-state index contributed by atoms with van der Waals surface area (Å²) in [6.07, 6.45) is 0.700. The summed E-state index contributed by atoms with van der Waals surface area (Å²) in [5.74, 6) is 1.61. The van der Waals surface area contributed by atoms with Crippen molar-refractivity contribution < 1.29 is 14.3 Å². The molecule has 2 N–H and O–H groups in total. The molecule has 1 amide bonds. The van der Waals surface area contributed by atoms with Crippen molar-refractivity contribution in [3.8, 4) is 11.5 Å². The predicted octanol–water partition coefficient (Wildman–Crippen LogP) is 0.268. The number of nitrogens with zero attached hydrogens (tertiary/aromatic N) is 1. The molecule has 0 bridgehead atoms. The number of benzene rings is 1. The highest BCUT2D eigenvalue weighted by Gasteiger charge is 2.26. The number of carbonyl (C=O) groups is 1. The van der Waals surface area contributed by atoms with Crippen molar-refractivity contribution in [1.82, 2.24) is 15.5 Å². The standard InChI is InChI=1S/C17H25N3O3/c1-22-15-2-3-16-13(11-15)10-14(12-23-16)17(21)19-6-9-20-7-4-18-5-8-20/h2-3,11,14,18H,4-10,12H2,1H3,(H,19,21). The molecule has 0 aromatic heterocycles. The summed E-state index contributed by atoms with van der Waals surface area (Å²) in [5.41, 5.74) is 1.04. The third-order valence-corrected chi connectivity index (χ3v) is 4.48. The Kier molecular flexibility index (Phi) is 5.35. The topological polar surface area (TPSA) is 62.8 Å². The molecular weight excluding hydrogens is 294 g/mol. The van der Waals surface area contributed by atoms with Gasteiger partial charge >= 0.3 is 0 Å². The molecule has 2 aliphatic rings. The number of hydrogen-bond acceptors (Lipinski definition) is 5. The average molecular weight is 319 g/mol. The smallest absolute Gasteiger partial charge is 0.226 e. The molecule has 3 rings (SSSR count). The van der Waals surface area contributed by atoms with Gasteiger partial charge in [-0.2, -0.15) is 0 Å². The van der Waals surface area contributed by atoms with Crippen LogP contribution < -0.4 is 20.1 Å². The third-order valence-electron chi connectivity index (χ3n) is 4.48. The molecule has 6 nitrogen and oxygen atoms in total. The second kappa shape index (κ2) is 7.66. The average Bonchev–Trinajstić information content (AvgIpc) is 2.61. The lowest BCUT2D eigenvalue weighted by molar-refractivity contribution is -0.126. The van der Waals surface area contributed by atoms with Crippen molar-refractivity contribution in [2.45, 2.75) is 6.42 Å². The Morgan fingerprint density at radius 3 is 3.04 bits per heavy atom. The normalized spacial score (nSPS) is 21.2. The van der Waals surface area contributed by atoms with E-state index in [1.54, 1.807) is 7.11 Å². The Labute approximate surface area is 137 Å². The molecule has 0 saturated carbocycles. The van der Waals surface area contributed by atoms with E-state index in [0.717, 1.165) is 49.8 Å². The zero-order valence-electron chi connectivity index (χ0n) is 13.6. The quantitative estimate of drug-likeness (QED) is 0.816. The van der Waals surface area contributed by atoms with E-state index in [2.05, 4.69) is 15.5 Å². The fraction of sp³-hybridized carbons (Fsp3) is 0.588. The first-order valence-electron chi connectivity index (χ1n) is 8.27. The number of piperazine rings is 1. The van der Waals surface area contributed by atoms with Crippen molar-refractivity contribution in [3.05, 3.63) is 23.8 Å². The lowest BCUT2D eigenvalue weighted by atomic mass is 9.96. The lowest BCUT2D eigenvalue weighted by Crippen LogP contribution is -2.47. The number of fused-ring (bicyclic) bond motifs is 1. The molecule has 1 aromatic rings. The number of methoxy groups -OCH3 is 1. The van der Waals surface area contributed by atoms with Gasteiger partial charge in [-0.1, -0.05) is 0 Å². The van der Waals surface area contributed by atoms with E-state index in [9.17, 15) is 4.79 Å². The van der Waals surface area contributed by atoms with Gasteiger partial charge in [0, 0.05) is 39.3 Å². The Balaban J connectivity index is 1.48. The van der Waals surface area contributed by atoms with Crippen LogP contribution in [0.15, 0.2) is 18.2 Å². The van der Waals surface area contributed by atoms with Crippen molar-refractivity contribution in [2.24, 2.45) is 5.92 Å². The number of carbonyl (C=O) groups excluding carboxylic acids is 1. The van der Waals surface area contributed by atoms with Gasteiger partial charge in [0.2, 0.25) is 5.91 Å². The van der Waals surface area contributed by atoms with Crippen molar-refractivity contribution >= 4 is 5.91 Å². The maximum absolute atomic E-state index is 12.4. The minimum absolute atomic E-state index is 0.0774. The van der Waals surface area contributed by atoms with Crippen LogP contribution in [0, 0.1) is 5.92 Å². The van der Waals surface area contributed by atoms with Gasteiger partial charge in [-0.25, -0.2) is 0 Å². The first-order chi connectivity index (χ1) is 11.3. The number of rotatable bonds is 5. The zero-order chi connectivity index (χ0) is 16.1. The molecule has 126 valence electrons. The van der Waals surface area contributed by atoms with Gasteiger partial charge in [-0.05, 0) is 30.2 Å². The van der Waals surface area contributed by atoms with Crippen LogP contribution in [0.1, 0.15) is 5.56 Å². The van der Waals surface area contributed by atoms with Gasteiger partial charge in [0.25, 0.3) is 0 Å². The highest BCUT2D eigenvalue weighted by Crippen LogP contribution is 2.30. The van der Waals surface area contributed by atoms with Crippen LogP contribution in [0.5, 0.6) is 11.5 Å². The van der Waals surface area contributed by atoms with E-state index >= 15 is 0 Å². The molecule has 2 aliphatic heterocycles. The summed E-state index contributed by atoms with van der Waals surface area (Å²) < 4.78 is 11.0. The molecule has 23 heavy (non-hydrogen) atoms. The Hall–Kier alpha value is -1.79. The third kappa shape index (κ3) is 4.14. The van der Waals surface area contributed by atoms with Crippen molar-refractivity contribution in [1.29, 1.82) is 0 Å². The maximum atomic E-state index is 12.4. The van der Waals surface area contributed by atoms with Crippen LogP contribution in [0.3, 0.4) is 0 Å². The summed E-state index contributed by atoms with van der Waals surface area (Å²) in [4.78, 5) is 14.7. The van der Waals surface area contributed by atoms with Crippen LogP contribution in [-0.4, -0.2) is 63.8 Å². The molecule has 1 atom stereocenters. The van der Waals surface area contributed by atoms with Gasteiger partial charge in [0.15, 0.2) is 0 Å². The minimum atomic E-state index is -0.127. The van der Waals surface area contributed by atoms with Crippen molar-refractivity contribution in [3.63, 3.8) is 0 Å². The molecule has 1 saturated heterocycles. The Bertz CT molecular complexity index is 544. The van der Waals surface area contributed by atoms with Crippen LogP contribution in [-0.2, 0) is 11.2 Å². The molecule has 0 radical (unpaired) electrons. The van der Waals surface area contributed by atoms with Crippen molar-refractivity contribution in [2.75, 3.05) is 53.0 Å². The molecule has 1 fully saturated rings. The summed E-state index contributed by atoms with van der Waals surface area (Å²) in [6, 6.07) is 5.74. The first-order valence-corrected chi connectivity index (χ1v) is 8.27. The molecule has 1 aromatic carbocycles. The molecule has 2 heterocycles. The SMILES string of the molecule is COc1ccc2c(c1)CC(C(=O)NCCN1CCNCC1)CO2. The molecule has 1 unspecified atom stereocenters. The largest absolute Gasteiger partial charge is 0.497 e. The molecule has 0 spiro atoms. The fourth-order valence-electron chi connectivity index (χ4n) is 3.08. The van der Waals surface area contributed by atoms with Gasteiger partial charge in [-0.3, -0.25) is 9.69 Å². The minimum Gasteiger partial charge on any atom is -0.497 e. The van der Waals surface area contributed by atoms with E-state index in [-0.39, 0.29) is 11.8 Å².